The van der Waals surface area contributed by atoms with Crippen LogP contribution in [0.5, 0.6) is 0 Å². The summed E-state index contributed by atoms with van der Waals surface area (Å²) in [4.78, 5) is 16.4. The fourth-order valence-corrected chi connectivity index (χ4v) is 2.96. The van der Waals surface area contributed by atoms with Crippen molar-refractivity contribution < 1.29 is 4.79 Å². The number of hydrogen-bond acceptors (Lipinski definition) is 5. The maximum atomic E-state index is 12.0. The van der Waals surface area contributed by atoms with Crippen molar-refractivity contribution >= 4 is 23.4 Å². The fraction of sp³-hybridized carbons (Fsp3) is 0.211. The summed E-state index contributed by atoms with van der Waals surface area (Å²) in [6.07, 6.45) is 0. The molecule has 1 heterocycles. The van der Waals surface area contributed by atoms with Gasteiger partial charge in [0.25, 0.3) is 0 Å². The largest absolute Gasteiger partial charge is 0.325 e. The molecule has 1 aromatic heterocycles. The highest BCUT2D eigenvalue weighted by molar-refractivity contribution is 7.99. The normalized spacial score (nSPS) is 12.0. The minimum absolute atomic E-state index is 0.104. The number of thioether (sulfide) groups is 1. The van der Waals surface area contributed by atoms with Crippen LogP contribution in [0.2, 0.25) is 0 Å². The van der Waals surface area contributed by atoms with Crippen LogP contribution in [-0.4, -0.2) is 26.8 Å². The Bertz CT molecular complexity index is 874. The molecular weight excluding hydrogens is 346 g/mol. The number of benzene rings is 2. The third-order valence-corrected chi connectivity index (χ3v) is 4.73. The minimum Gasteiger partial charge on any atom is -0.325 e. The summed E-state index contributed by atoms with van der Waals surface area (Å²) >= 11 is 1.27. The lowest BCUT2D eigenvalue weighted by Gasteiger charge is -2.08. The number of nitrogens with one attached hydrogen (secondary N) is 2. The monoisotopic (exact) mass is 367 g/mol. The van der Waals surface area contributed by atoms with Gasteiger partial charge >= 0.3 is 0 Å². The maximum absolute atomic E-state index is 12.0. The van der Waals surface area contributed by atoms with Crippen molar-refractivity contribution in [1.82, 2.24) is 15.2 Å². The number of nitrogens with zero attached hydrogens (tertiary/aromatic N) is 2. The van der Waals surface area contributed by atoms with Gasteiger partial charge in [-0.3, -0.25) is 9.89 Å². The van der Waals surface area contributed by atoms with Crippen molar-refractivity contribution in [3.05, 3.63) is 71.0 Å². The van der Waals surface area contributed by atoms with Crippen LogP contribution >= 0.6 is 11.8 Å². The summed E-state index contributed by atoms with van der Waals surface area (Å²) in [5, 5.41) is 10.3. The number of nitrogens with two attached hydrogens (primary N) is 1. The van der Waals surface area contributed by atoms with E-state index >= 15 is 0 Å². The Morgan fingerprint density at radius 2 is 1.73 bits per heavy atom. The Morgan fingerprint density at radius 3 is 2.38 bits per heavy atom. The summed E-state index contributed by atoms with van der Waals surface area (Å²) < 4.78 is 0. The molecule has 0 spiro atoms. The van der Waals surface area contributed by atoms with Gasteiger partial charge in [-0.2, -0.15) is 0 Å². The van der Waals surface area contributed by atoms with Gasteiger partial charge in [0.2, 0.25) is 11.1 Å². The first-order valence-electron chi connectivity index (χ1n) is 8.25. The minimum atomic E-state index is -0.376. The fourth-order valence-electron chi connectivity index (χ4n) is 2.36. The zero-order valence-electron chi connectivity index (χ0n) is 14.7. The molecule has 1 atom stereocenters. The highest BCUT2D eigenvalue weighted by Crippen LogP contribution is 2.20. The van der Waals surface area contributed by atoms with Gasteiger partial charge in [-0.15, -0.1) is 5.10 Å². The first-order valence-corrected chi connectivity index (χ1v) is 9.23. The van der Waals surface area contributed by atoms with Crippen molar-refractivity contribution in [3.63, 3.8) is 0 Å². The molecule has 26 heavy (non-hydrogen) atoms. The third-order valence-electron chi connectivity index (χ3n) is 3.88. The van der Waals surface area contributed by atoms with Gasteiger partial charge in [-0.1, -0.05) is 59.3 Å². The molecule has 3 rings (SSSR count). The smallest absolute Gasteiger partial charge is 0.234 e. The highest BCUT2D eigenvalue weighted by Gasteiger charge is 2.15. The summed E-state index contributed by atoms with van der Waals surface area (Å²) in [5.74, 6) is 0.702. The van der Waals surface area contributed by atoms with E-state index in [0.717, 1.165) is 16.8 Å². The van der Waals surface area contributed by atoms with Gasteiger partial charge < -0.3 is 11.1 Å². The van der Waals surface area contributed by atoms with Crippen molar-refractivity contribution in [2.75, 3.05) is 11.1 Å². The third kappa shape index (κ3) is 4.71. The molecule has 0 aliphatic heterocycles. The van der Waals surface area contributed by atoms with E-state index < -0.39 is 0 Å². The van der Waals surface area contributed by atoms with Gasteiger partial charge in [0.1, 0.15) is 5.82 Å². The Morgan fingerprint density at radius 1 is 1.12 bits per heavy atom. The van der Waals surface area contributed by atoms with Crippen molar-refractivity contribution in [3.8, 4) is 0 Å². The summed E-state index contributed by atoms with van der Waals surface area (Å²) in [6, 6.07) is 15.3. The van der Waals surface area contributed by atoms with Gasteiger partial charge in [-0.05, 0) is 31.5 Å². The molecule has 1 amide bonds. The SMILES string of the molecule is Cc1ccc(NC(=O)CSc2n[nH]c(C(N)c3ccc(C)cc3)n2)cc1. The van der Waals surface area contributed by atoms with Gasteiger partial charge in [0, 0.05) is 5.69 Å². The number of carbonyl (C=O) groups is 1. The average molecular weight is 367 g/mol. The molecule has 0 saturated heterocycles. The number of aryl methyl sites for hydroxylation is 2. The van der Waals surface area contributed by atoms with Crippen LogP contribution in [0.25, 0.3) is 0 Å². The summed E-state index contributed by atoms with van der Waals surface area (Å²) in [5.41, 5.74) is 10.3. The zero-order chi connectivity index (χ0) is 18.5. The molecule has 0 aliphatic carbocycles. The second-order valence-electron chi connectivity index (χ2n) is 6.09. The molecule has 4 N–H and O–H groups in total. The lowest BCUT2D eigenvalue weighted by Crippen LogP contribution is -2.14. The predicted octanol–water partition coefficient (Wildman–Crippen LogP) is 3.20. The summed E-state index contributed by atoms with van der Waals surface area (Å²) in [6.45, 7) is 4.03. The van der Waals surface area contributed by atoms with Crippen LogP contribution in [0.4, 0.5) is 5.69 Å². The van der Waals surface area contributed by atoms with Crippen LogP contribution in [0.15, 0.2) is 53.7 Å². The lowest BCUT2D eigenvalue weighted by atomic mass is 10.1. The molecule has 0 aliphatic rings. The number of anilines is 1. The second-order valence-corrected chi connectivity index (χ2v) is 7.04. The van der Waals surface area contributed by atoms with Crippen LogP contribution in [0.1, 0.15) is 28.6 Å². The lowest BCUT2D eigenvalue weighted by molar-refractivity contribution is -0.113. The summed E-state index contributed by atoms with van der Waals surface area (Å²) in [7, 11) is 0. The molecule has 3 aromatic rings. The molecule has 7 heteroatoms. The van der Waals surface area contributed by atoms with Gasteiger partial charge in [0.15, 0.2) is 0 Å². The van der Waals surface area contributed by atoms with E-state index in [1.807, 2.05) is 62.4 Å². The number of carbonyl (C=O) groups excluding carboxylic acids is 1. The maximum Gasteiger partial charge on any atom is 0.234 e. The van der Waals surface area contributed by atoms with E-state index in [1.54, 1.807) is 0 Å². The molecule has 134 valence electrons. The Hall–Kier alpha value is -2.64. The van der Waals surface area contributed by atoms with Crippen LogP contribution in [0.3, 0.4) is 0 Å². The highest BCUT2D eigenvalue weighted by atomic mass is 32.2. The topological polar surface area (TPSA) is 96.7 Å². The van der Waals surface area contributed by atoms with Crippen LogP contribution in [-0.2, 0) is 4.79 Å². The molecule has 1 unspecified atom stereocenters. The van der Waals surface area contributed by atoms with E-state index in [-0.39, 0.29) is 17.7 Å². The van der Waals surface area contributed by atoms with Crippen molar-refractivity contribution in [1.29, 1.82) is 0 Å². The molecule has 2 aromatic carbocycles. The van der Waals surface area contributed by atoms with Crippen LogP contribution < -0.4 is 11.1 Å². The molecule has 0 bridgehead atoms. The second kappa shape index (κ2) is 8.16. The van der Waals surface area contributed by atoms with E-state index in [2.05, 4.69) is 20.5 Å². The average Bonchev–Trinajstić information content (AvgIpc) is 3.11. The van der Waals surface area contributed by atoms with E-state index in [4.69, 9.17) is 5.73 Å². The van der Waals surface area contributed by atoms with E-state index in [1.165, 1.54) is 17.3 Å². The van der Waals surface area contributed by atoms with Crippen molar-refractivity contribution in [2.24, 2.45) is 5.73 Å². The number of rotatable bonds is 6. The Balaban J connectivity index is 1.55. The standard InChI is InChI=1S/C19H21N5OS/c1-12-3-7-14(8-4-12)17(20)18-22-19(24-23-18)26-11-16(25)21-15-9-5-13(2)6-10-15/h3-10,17H,11,20H2,1-2H3,(H,21,25)(H,22,23,24). The van der Waals surface area contributed by atoms with E-state index in [0.29, 0.717) is 11.0 Å². The molecule has 6 nitrogen and oxygen atoms in total. The predicted molar refractivity (Wildman–Crippen MR) is 104 cm³/mol. The first kappa shape index (κ1) is 18.2. The Kier molecular flexibility index (Phi) is 5.70. The number of aromatic nitrogens is 3. The van der Waals surface area contributed by atoms with E-state index in [9.17, 15) is 4.79 Å². The van der Waals surface area contributed by atoms with Gasteiger partial charge in [-0.25, -0.2) is 4.98 Å². The first-order chi connectivity index (χ1) is 12.5. The Labute approximate surface area is 156 Å². The number of aromatic amines is 1. The zero-order valence-corrected chi connectivity index (χ0v) is 15.5. The number of amides is 1. The number of H-pyrrole nitrogens is 1. The molecule has 0 saturated carbocycles. The molecule has 0 fully saturated rings. The molecule has 0 radical (unpaired) electrons. The number of hydrogen-bond donors (Lipinski definition) is 3. The van der Waals surface area contributed by atoms with Crippen molar-refractivity contribution in [2.45, 2.75) is 25.0 Å². The quantitative estimate of drug-likeness (QED) is 0.581. The van der Waals surface area contributed by atoms with Gasteiger partial charge in [0.05, 0.1) is 11.8 Å². The van der Waals surface area contributed by atoms with Crippen LogP contribution in [0, 0.1) is 13.8 Å². The molecular formula is C19H21N5OS.